The highest BCUT2D eigenvalue weighted by Crippen LogP contribution is 2.52. The molecule has 0 bridgehead atoms. The molecule has 15 heteroatoms. The number of benzene rings is 3. The number of phenolic OH excluding ortho intramolecular Hbond substituents is 1. The van der Waals surface area contributed by atoms with Crippen LogP contribution in [0.15, 0.2) is 21.3 Å². The molecule has 0 saturated carbocycles. The smallest absolute Gasteiger partial charge is 0.345 e. The van der Waals surface area contributed by atoms with Crippen molar-refractivity contribution in [2.75, 3.05) is 0 Å². The Kier molecular flexibility index (Phi) is 15.4. The van der Waals surface area contributed by atoms with Gasteiger partial charge in [-0.25, -0.2) is 9.59 Å². The van der Waals surface area contributed by atoms with E-state index < -0.39 is 18.0 Å². The lowest BCUT2D eigenvalue weighted by molar-refractivity contribution is -0.147. The lowest BCUT2D eigenvalue weighted by atomic mass is 9.90. The predicted octanol–water partition coefficient (Wildman–Crippen LogP) is 12.8. The second kappa shape index (κ2) is 18.1. The van der Waals surface area contributed by atoms with Crippen LogP contribution in [0.5, 0.6) is 5.75 Å². The fourth-order valence-corrected chi connectivity index (χ4v) is 9.98. The highest BCUT2D eigenvalue weighted by atomic mass is 127. The Bertz CT molecular complexity index is 1910. The van der Waals surface area contributed by atoms with E-state index in [1.54, 1.807) is 12.1 Å². The van der Waals surface area contributed by atoms with Gasteiger partial charge in [0.2, 0.25) is 5.43 Å². The number of rotatable bonds is 14. The Labute approximate surface area is 352 Å². The lowest BCUT2D eigenvalue weighted by Crippen LogP contribution is -2.27. The van der Waals surface area contributed by atoms with Gasteiger partial charge in [0, 0.05) is 22.1 Å². The van der Waals surface area contributed by atoms with E-state index in [0.29, 0.717) is 33.6 Å². The van der Waals surface area contributed by atoms with Crippen LogP contribution in [-0.4, -0.2) is 28.3 Å². The second-order valence-corrected chi connectivity index (χ2v) is 17.1. The molecule has 48 heavy (non-hydrogen) atoms. The molecule has 4 rings (SSSR count). The Balaban J connectivity index is 1.84. The molecular formula is C33H28Cl4I4O7. The van der Waals surface area contributed by atoms with E-state index in [1.165, 1.54) is 25.7 Å². The molecule has 0 aromatic heterocycles. The van der Waals surface area contributed by atoms with Crippen LogP contribution >= 0.6 is 137 Å². The molecule has 2 aromatic rings. The minimum absolute atomic E-state index is 0.0154. The third kappa shape index (κ3) is 8.76. The summed E-state index contributed by atoms with van der Waals surface area (Å²) >= 11 is 34.4. The largest absolute Gasteiger partial charge is 0.506 e. The molecule has 7 nitrogen and oxygen atoms in total. The molecule has 258 valence electrons. The van der Waals surface area contributed by atoms with E-state index >= 15 is 0 Å². The first kappa shape index (κ1) is 40.7. The molecule has 1 atom stereocenters. The summed E-state index contributed by atoms with van der Waals surface area (Å²) in [5.41, 5.74) is 0.352. The fourth-order valence-electron chi connectivity index (χ4n) is 5.38. The summed E-state index contributed by atoms with van der Waals surface area (Å²) < 4.78 is 13.3. The van der Waals surface area contributed by atoms with Crippen molar-refractivity contribution in [3.63, 3.8) is 0 Å². The zero-order valence-corrected chi connectivity index (χ0v) is 36.9. The Hall–Kier alpha value is -0.0500. The van der Waals surface area contributed by atoms with Crippen molar-refractivity contribution in [2.45, 2.75) is 77.2 Å². The van der Waals surface area contributed by atoms with Crippen LogP contribution in [0.25, 0.3) is 33.4 Å². The highest BCUT2D eigenvalue weighted by molar-refractivity contribution is 14.1. The molecule has 1 unspecified atom stereocenters. The number of unbranched alkanes of at least 4 members (excludes halogenated alkanes) is 8. The molecule has 2 aliphatic rings. The van der Waals surface area contributed by atoms with Crippen molar-refractivity contribution in [3.8, 4) is 28.2 Å². The van der Waals surface area contributed by atoms with Gasteiger partial charge in [-0.2, -0.15) is 0 Å². The Morgan fingerprint density at radius 1 is 0.812 bits per heavy atom. The number of hydrogen-bond acceptors (Lipinski definition) is 6. The van der Waals surface area contributed by atoms with Crippen LogP contribution in [0.1, 0.15) is 81.5 Å². The van der Waals surface area contributed by atoms with Gasteiger partial charge in [-0.15, -0.1) is 0 Å². The van der Waals surface area contributed by atoms with Crippen LogP contribution < -0.4 is 5.43 Å². The maximum atomic E-state index is 14.0. The van der Waals surface area contributed by atoms with Gasteiger partial charge < -0.3 is 19.4 Å². The van der Waals surface area contributed by atoms with Crippen LogP contribution in [-0.2, 0) is 9.53 Å². The Morgan fingerprint density at radius 3 is 2.00 bits per heavy atom. The van der Waals surface area contributed by atoms with Crippen LogP contribution in [0, 0.1) is 14.3 Å². The van der Waals surface area contributed by atoms with E-state index in [0.717, 1.165) is 25.7 Å². The maximum absolute atomic E-state index is 14.0. The van der Waals surface area contributed by atoms with E-state index in [-0.39, 0.29) is 63.7 Å². The van der Waals surface area contributed by atoms with Gasteiger partial charge in [-0.05, 0) is 115 Å². The van der Waals surface area contributed by atoms with Crippen LogP contribution in [0.4, 0.5) is 0 Å². The second-order valence-electron chi connectivity index (χ2n) is 11.1. The summed E-state index contributed by atoms with van der Waals surface area (Å²) in [4.78, 5) is 39.3. The van der Waals surface area contributed by atoms with Crippen molar-refractivity contribution in [2.24, 2.45) is 0 Å². The number of carboxylic acids is 1. The molecule has 0 radical (unpaired) electrons. The van der Waals surface area contributed by atoms with Crippen molar-refractivity contribution in [3.05, 3.63) is 62.3 Å². The standard InChI is InChI=1S/C33H28Cl4I4O7/c1-2-3-4-5-6-7-8-9-10-11-18(32(44)45)47-33(46)21-20(22(34)24(36)25(37)23(21)35)19-14-12-16(38)28(42)26(40)30(14)48-31-15(19)13-17(39)29(43)27(31)41/h12-13,18,42H,2-11H2,1H3,(H,44,45). The third-order valence-electron chi connectivity index (χ3n) is 7.84. The number of halogens is 8. The van der Waals surface area contributed by atoms with Gasteiger partial charge >= 0.3 is 11.9 Å². The van der Waals surface area contributed by atoms with Gasteiger partial charge in [0.1, 0.15) is 9.32 Å². The molecule has 2 N–H and O–H groups in total. The summed E-state index contributed by atoms with van der Waals surface area (Å²) in [6.45, 7) is 2.18. The number of aromatic hydroxyl groups is 1. The van der Waals surface area contributed by atoms with Crippen molar-refractivity contribution in [1.29, 1.82) is 0 Å². The predicted molar refractivity (Wildman–Crippen MR) is 226 cm³/mol. The van der Waals surface area contributed by atoms with Crippen molar-refractivity contribution >= 4 is 160 Å². The average Bonchev–Trinajstić information content (AvgIpc) is 3.05. The van der Waals surface area contributed by atoms with Crippen LogP contribution in [0.3, 0.4) is 0 Å². The summed E-state index contributed by atoms with van der Waals surface area (Å²) in [5.74, 6) is -2.23. The summed E-state index contributed by atoms with van der Waals surface area (Å²) in [6, 6.07) is 3.24. The normalized spacial score (nSPS) is 12.2. The molecule has 0 fully saturated rings. The molecule has 0 saturated heterocycles. The molecule has 1 heterocycles. The van der Waals surface area contributed by atoms with E-state index in [1.807, 2.05) is 90.4 Å². The van der Waals surface area contributed by atoms with Gasteiger partial charge in [0.05, 0.1) is 36.4 Å². The fraction of sp³-hybridized carbons (Fsp3) is 0.364. The lowest BCUT2D eigenvalue weighted by Gasteiger charge is -2.23. The van der Waals surface area contributed by atoms with Gasteiger partial charge in [-0.3, -0.25) is 4.79 Å². The number of ether oxygens (including phenoxy) is 1. The van der Waals surface area contributed by atoms with E-state index in [2.05, 4.69) is 6.92 Å². The first-order valence-corrected chi connectivity index (χ1v) is 20.8. The summed E-state index contributed by atoms with van der Waals surface area (Å²) in [5, 5.41) is 20.4. The molecule has 0 amide bonds. The van der Waals surface area contributed by atoms with E-state index in [9.17, 15) is 24.6 Å². The molecule has 1 aliphatic carbocycles. The Morgan fingerprint density at radius 2 is 1.40 bits per heavy atom. The van der Waals surface area contributed by atoms with Gasteiger partial charge in [0.15, 0.2) is 17.4 Å². The number of fused-ring (bicyclic) bond motifs is 2. The number of esters is 1. The number of carbonyl (C=O) groups is 2. The SMILES string of the molecule is CCCCCCCCCCCC(OC(=O)c1c(Cl)c(Cl)c(Cl)c(Cl)c1-c1c2cc(I)c(=O)c(I)c-2oc2c(I)c(O)c(I)cc12)C(=O)O. The van der Waals surface area contributed by atoms with Gasteiger partial charge in [-0.1, -0.05) is 105 Å². The number of hydrogen-bond donors (Lipinski definition) is 2. The monoisotopic (exact) mass is 1180 g/mol. The number of carbonyl (C=O) groups excluding carboxylic acids is 1. The highest BCUT2D eigenvalue weighted by Gasteiger charge is 2.34. The molecule has 1 aliphatic heterocycles. The van der Waals surface area contributed by atoms with Crippen LogP contribution in [0.2, 0.25) is 20.1 Å². The first-order valence-electron chi connectivity index (χ1n) is 15.0. The third-order valence-corrected chi connectivity index (χ3v) is 13.2. The molecular weight excluding hydrogens is 1160 g/mol. The zero-order chi connectivity index (χ0) is 35.4. The number of aliphatic carboxylic acids is 1. The average molecular weight is 1190 g/mol. The zero-order valence-electron chi connectivity index (χ0n) is 25.3. The maximum Gasteiger partial charge on any atom is 0.345 e. The molecule has 2 aromatic carbocycles. The number of phenols is 1. The first-order chi connectivity index (χ1) is 22.7. The van der Waals surface area contributed by atoms with Crippen molar-refractivity contribution < 1.29 is 29.0 Å². The van der Waals surface area contributed by atoms with Crippen molar-refractivity contribution in [1.82, 2.24) is 0 Å². The topological polar surface area (TPSA) is 114 Å². The molecule has 0 spiro atoms. The number of carboxylic acid groups (broad SMARTS) is 1. The van der Waals surface area contributed by atoms with E-state index in [4.69, 9.17) is 55.6 Å². The quantitative estimate of drug-likeness (QED) is 0.0323. The minimum Gasteiger partial charge on any atom is -0.506 e. The summed E-state index contributed by atoms with van der Waals surface area (Å²) in [7, 11) is 0. The van der Waals surface area contributed by atoms with Gasteiger partial charge in [0.25, 0.3) is 0 Å². The summed E-state index contributed by atoms with van der Waals surface area (Å²) in [6.07, 6.45) is 7.99. The minimum atomic E-state index is -1.46.